The van der Waals surface area contributed by atoms with Crippen LogP contribution in [0.3, 0.4) is 0 Å². The number of carbonyl (C=O) groups is 1. The Kier molecular flexibility index (Phi) is 7.10. The highest BCUT2D eigenvalue weighted by atomic mass is 17.2. The van der Waals surface area contributed by atoms with Crippen molar-refractivity contribution in [3.63, 3.8) is 0 Å². The van der Waals surface area contributed by atoms with Crippen molar-refractivity contribution in [2.24, 2.45) is 11.8 Å². The number of rotatable bonds is 7. The molecular formula is C20H30O3. The summed E-state index contributed by atoms with van der Waals surface area (Å²) in [5.41, 5.74) is 1.82. The van der Waals surface area contributed by atoms with Crippen LogP contribution in [0, 0.1) is 11.8 Å². The van der Waals surface area contributed by atoms with Crippen LogP contribution in [0.4, 0.5) is 0 Å². The number of unbranched alkanes of at least 4 members (excludes halogenated alkanes) is 2. The second-order valence-corrected chi connectivity index (χ2v) is 6.97. The molecule has 2 atom stereocenters. The first-order chi connectivity index (χ1) is 11.1. The molecule has 0 heterocycles. The van der Waals surface area contributed by atoms with Crippen molar-refractivity contribution >= 4 is 5.97 Å². The summed E-state index contributed by atoms with van der Waals surface area (Å²) in [5.74, 6) is 0.482. The molecule has 0 spiro atoms. The van der Waals surface area contributed by atoms with Gasteiger partial charge in [-0.15, -0.1) is 0 Å². The van der Waals surface area contributed by atoms with E-state index in [1.807, 2.05) is 24.3 Å². The zero-order chi connectivity index (χ0) is 16.7. The lowest BCUT2D eigenvalue weighted by molar-refractivity contribution is -0.299. The van der Waals surface area contributed by atoms with Crippen LogP contribution in [-0.2, 0) is 16.2 Å². The van der Waals surface area contributed by atoms with Gasteiger partial charge in [-0.3, -0.25) is 4.89 Å². The molecule has 0 aliphatic heterocycles. The van der Waals surface area contributed by atoms with Gasteiger partial charge in [-0.05, 0) is 55.2 Å². The molecule has 1 saturated carbocycles. The lowest BCUT2D eigenvalue weighted by atomic mass is 9.81. The number of hydrogen-bond acceptors (Lipinski definition) is 3. The standard InChI is InChI=1S/C20H30O3/c1-4-5-6-10-17-11-13-18(14-12-17)20(21)23-22-19-15(2)8-7-9-16(19)3/h11-16,19H,4-10H2,1-3H3. The van der Waals surface area contributed by atoms with E-state index in [0.29, 0.717) is 17.4 Å². The van der Waals surface area contributed by atoms with Gasteiger partial charge < -0.3 is 0 Å². The van der Waals surface area contributed by atoms with Crippen LogP contribution in [0.2, 0.25) is 0 Å². The molecule has 2 rings (SSSR count). The molecule has 3 heteroatoms. The molecule has 1 fully saturated rings. The van der Waals surface area contributed by atoms with E-state index in [2.05, 4.69) is 20.8 Å². The normalized spacial score (nSPS) is 24.4. The molecule has 0 radical (unpaired) electrons. The van der Waals surface area contributed by atoms with Gasteiger partial charge in [-0.2, -0.15) is 4.89 Å². The maximum Gasteiger partial charge on any atom is 0.373 e. The van der Waals surface area contributed by atoms with Gasteiger partial charge in [0, 0.05) is 0 Å². The van der Waals surface area contributed by atoms with Crippen molar-refractivity contribution in [1.82, 2.24) is 0 Å². The van der Waals surface area contributed by atoms with Crippen LogP contribution in [0.1, 0.15) is 75.2 Å². The maximum atomic E-state index is 12.1. The van der Waals surface area contributed by atoms with Crippen molar-refractivity contribution in [3.8, 4) is 0 Å². The molecule has 0 aromatic heterocycles. The maximum absolute atomic E-state index is 12.1. The van der Waals surface area contributed by atoms with Gasteiger partial charge in [0.05, 0.1) is 5.56 Å². The second kappa shape index (κ2) is 9.07. The van der Waals surface area contributed by atoms with E-state index >= 15 is 0 Å². The molecule has 0 saturated heterocycles. The second-order valence-electron chi connectivity index (χ2n) is 6.97. The van der Waals surface area contributed by atoms with Gasteiger partial charge in [0.15, 0.2) is 0 Å². The summed E-state index contributed by atoms with van der Waals surface area (Å²) in [4.78, 5) is 22.7. The number of benzene rings is 1. The third-order valence-electron chi connectivity index (χ3n) is 4.93. The summed E-state index contributed by atoms with van der Waals surface area (Å²) in [6.45, 7) is 6.53. The lowest BCUT2D eigenvalue weighted by Crippen LogP contribution is -2.33. The van der Waals surface area contributed by atoms with Gasteiger partial charge in [-0.1, -0.05) is 52.2 Å². The topological polar surface area (TPSA) is 35.5 Å². The summed E-state index contributed by atoms with van der Waals surface area (Å²) < 4.78 is 0. The zero-order valence-electron chi connectivity index (χ0n) is 14.7. The SMILES string of the molecule is CCCCCc1ccc(C(=O)OOC2C(C)CCCC2C)cc1. The quantitative estimate of drug-likeness (QED) is 0.387. The highest BCUT2D eigenvalue weighted by Crippen LogP contribution is 2.31. The molecule has 2 unspecified atom stereocenters. The Bertz CT molecular complexity index is 470. The monoisotopic (exact) mass is 318 g/mol. The largest absolute Gasteiger partial charge is 0.373 e. The van der Waals surface area contributed by atoms with E-state index in [1.54, 1.807) is 0 Å². The third kappa shape index (κ3) is 5.35. The van der Waals surface area contributed by atoms with Crippen LogP contribution in [-0.4, -0.2) is 12.1 Å². The molecule has 0 amide bonds. The van der Waals surface area contributed by atoms with Gasteiger partial charge >= 0.3 is 5.97 Å². The van der Waals surface area contributed by atoms with E-state index in [9.17, 15) is 4.79 Å². The molecule has 3 nitrogen and oxygen atoms in total. The predicted molar refractivity (Wildman–Crippen MR) is 92.1 cm³/mol. The van der Waals surface area contributed by atoms with Gasteiger partial charge in [0.25, 0.3) is 0 Å². The number of hydrogen-bond donors (Lipinski definition) is 0. The van der Waals surface area contributed by atoms with Crippen molar-refractivity contribution in [2.75, 3.05) is 0 Å². The van der Waals surface area contributed by atoms with Crippen molar-refractivity contribution in [1.29, 1.82) is 0 Å². The molecule has 1 aliphatic rings. The van der Waals surface area contributed by atoms with Crippen molar-refractivity contribution in [2.45, 2.75) is 71.8 Å². The minimum atomic E-state index is -0.393. The minimum absolute atomic E-state index is 0.0148. The van der Waals surface area contributed by atoms with Crippen LogP contribution >= 0.6 is 0 Å². The minimum Gasteiger partial charge on any atom is -0.293 e. The van der Waals surface area contributed by atoms with Gasteiger partial charge in [-0.25, -0.2) is 4.79 Å². The third-order valence-corrected chi connectivity index (χ3v) is 4.93. The van der Waals surface area contributed by atoms with Crippen LogP contribution in [0.25, 0.3) is 0 Å². The molecule has 1 aromatic rings. The van der Waals surface area contributed by atoms with Crippen molar-refractivity contribution in [3.05, 3.63) is 35.4 Å². The Labute approximate surface area is 140 Å². The Hall–Kier alpha value is -1.35. The summed E-state index contributed by atoms with van der Waals surface area (Å²) >= 11 is 0. The Morgan fingerprint density at radius 1 is 1.09 bits per heavy atom. The highest BCUT2D eigenvalue weighted by molar-refractivity contribution is 5.88. The summed E-state index contributed by atoms with van der Waals surface area (Å²) in [7, 11) is 0. The first-order valence-electron chi connectivity index (χ1n) is 9.08. The molecule has 0 N–H and O–H groups in total. The van der Waals surface area contributed by atoms with E-state index in [0.717, 1.165) is 19.3 Å². The van der Waals surface area contributed by atoms with Crippen molar-refractivity contribution < 1.29 is 14.6 Å². The van der Waals surface area contributed by atoms with Gasteiger partial charge in [0.2, 0.25) is 0 Å². The summed E-state index contributed by atoms with van der Waals surface area (Å²) in [6, 6.07) is 7.69. The molecule has 1 aliphatic carbocycles. The van der Waals surface area contributed by atoms with Gasteiger partial charge in [0.1, 0.15) is 6.10 Å². The van der Waals surface area contributed by atoms with E-state index < -0.39 is 5.97 Å². The fourth-order valence-electron chi connectivity index (χ4n) is 3.37. The van der Waals surface area contributed by atoms with E-state index in [1.165, 1.54) is 31.2 Å². The molecule has 0 bridgehead atoms. The first-order valence-corrected chi connectivity index (χ1v) is 9.08. The number of aryl methyl sites for hydroxylation is 1. The fourth-order valence-corrected chi connectivity index (χ4v) is 3.37. The average Bonchev–Trinajstić information content (AvgIpc) is 2.55. The molecular weight excluding hydrogens is 288 g/mol. The van der Waals surface area contributed by atoms with Crippen LogP contribution in [0.5, 0.6) is 0 Å². The highest BCUT2D eigenvalue weighted by Gasteiger charge is 2.30. The van der Waals surface area contributed by atoms with Crippen LogP contribution in [0.15, 0.2) is 24.3 Å². The Morgan fingerprint density at radius 2 is 1.74 bits per heavy atom. The summed E-state index contributed by atoms with van der Waals surface area (Å²) in [6.07, 6.45) is 8.25. The van der Waals surface area contributed by atoms with Crippen LogP contribution < -0.4 is 0 Å². The van der Waals surface area contributed by atoms with E-state index in [4.69, 9.17) is 9.78 Å². The lowest BCUT2D eigenvalue weighted by Gasteiger charge is -2.32. The smallest absolute Gasteiger partial charge is 0.293 e. The average molecular weight is 318 g/mol. The zero-order valence-corrected chi connectivity index (χ0v) is 14.7. The Morgan fingerprint density at radius 3 is 2.35 bits per heavy atom. The number of carbonyl (C=O) groups excluding carboxylic acids is 1. The first kappa shape index (κ1) is 18.0. The molecule has 1 aromatic carbocycles. The molecule has 23 heavy (non-hydrogen) atoms. The Balaban J connectivity index is 1.83. The summed E-state index contributed by atoms with van der Waals surface area (Å²) in [5, 5.41) is 0. The fraction of sp³-hybridized carbons (Fsp3) is 0.650. The van der Waals surface area contributed by atoms with E-state index in [-0.39, 0.29) is 6.10 Å². The predicted octanol–water partition coefficient (Wildman–Crippen LogP) is 5.33. The molecule has 128 valence electrons.